The Morgan fingerprint density at radius 3 is 2.17 bits per heavy atom. The molecule has 1 aliphatic heterocycles. The molecule has 0 saturated carbocycles. The van der Waals surface area contributed by atoms with Gasteiger partial charge in [0, 0.05) is 12.0 Å². The predicted octanol–water partition coefficient (Wildman–Crippen LogP) is 4.58. The third kappa shape index (κ3) is 2.04. The average Bonchev–Trinajstić information content (AvgIpc) is 2.83. The van der Waals surface area contributed by atoms with Gasteiger partial charge in [-0.1, -0.05) is 60.7 Å². The van der Waals surface area contributed by atoms with Crippen molar-refractivity contribution in [3.05, 3.63) is 77.4 Å². The number of ether oxygens (including phenoxy) is 1. The molecule has 0 aromatic heterocycles. The lowest BCUT2D eigenvalue weighted by Gasteiger charge is -2.13. The molecule has 0 bridgehead atoms. The fraction of sp³-hybridized carbons (Fsp3) is 0.176. The van der Waals surface area contributed by atoms with Crippen molar-refractivity contribution in [2.24, 2.45) is 0 Å². The average molecular weight is 236 g/mol. The zero-order chi connectivity index (χ0) is 12.4. The summed E-state index contributed by atoms with van der Waals surface area (Å²) in [6, 6.07) is 20.8. The summed E-state index contributed by atoms with van der Waals surface area (Å²) in [6.07, 6.45) is 1.15. The van der Waals surface area contributed by atoms with Gasteiger partial charge in [-0.05, 0) is 18.1 Å². The number of benzene rings is 2. The molecule has 0 spiro atoms. The standard InChI is InChI=1S/C17H16O/c1-13-12-16(14-8-4-2-5-9-14)18-17(13)15-10-6-3-7-11-15/h2-11,16H,12H2,1H3. The molecule has 0 N–H and O–H groups in total. The van der Waals surface area contributed by atoms with E-state index in [1.165, 1.54) is 16.7 Å². The van der Waals surface area contributed by atoms with Gasteiger partial charge < -0.3 is 4.74 Å². The third-order valence-electron chi connectivity index (χ3n) is 3.35. The first-order valence-corrected chi connectivity index (χ1v) is 6.31. The minimum atomic E-state index is 0.168. The van der Waals surface area contributed by atoms with Gasteiger partial charge in [-0.2, -0.15) is 0 Å². The highest BCUT2D eigenvalue weighted by atomic mass is 16.5. The lowest BCUT2D eigenvalue weighted by molar-refractivity contribution is 0.194. The topological polar surface area (TPSA) is 9.23 Å². The van der Waals surface area contributed by atoms with Crippen LogP contribution in [-0.4, -0.2) is 0 Å². The first kappa shape index (κ1) is 11.1. The molecule has 3 rings (SSSR count). The predicted molar refractivity (Wildman–Crippen MR) is 73.9 cm³/mol. The molecule has 0 amide bonds. The molecular weight excluding hydrogens is 220 g/mol. The van der Waals surface area contributed by atoms with Crippen molar-refractivity contribution in [1.82, 2.24) is 0 Å². The van der Waals surface area contributed by atoms with Gasteiger partial charge in [0.05, 0.1) is 0 Å². The van der Waals surface area contributed by atoms with Crippen LogP contribution in [0.1, 0.15) is 30.6 Å². The van der Waals surface area contributed by atoms with E-state index in [1.807, 2.05) is 12.1 Å². The molecular formula is C17H16O. The highest BCUT2D eigenvalue weighted by molar-refractivity contribution is 5.65. The molecule has 1 nitrogen and oxygen atoms in total. The molecule has 0 aliphatic carbocycles. The maximum absolute atomic E-state index is 6.13. The summed E-state index contributed by atoms with van der Waals surface area (Å²) < 4.78 is 6.13. The van der Waals surface area contributed by atoms with E-state index >= 15 is 0 Å². The van der Waals surface area contributed by atoms with E-state index < -0.39 is 0 Å². The molecule has 1 unspecified atom stereocenters. The quantitative estimate of drug-likeness (QED) is 0.741. The Morgan fingerprint density at radius 1 is 0.889 bits per heavy atom. The van der Waals surface area contributed by atoms with Crippen molar-refractivity contribution in [3.8, 4) is 0 Å². The van der Waals surface area contributed by atoms with Crippen LogP contribution in [-0.2, 0) is 4.74 Å². The zero-order valence-corrected chi connectivity index (χ0v) is 10.5. The highest BCUT2D eigenvalue weighted by Gasteiger charge is 2.25. The van der Waals surface area contributed by atoms with E-state index in [9.17, 15) is 0 Å². The van der Waals surface area contributed by atoms with Crippen molar-refractivity contribution in [1.29, 1.82) is 0 Å². The van der Waals surface area contributed by atoms with Crippen LogP contribution in [0.3, 0.4) is 0 Å². The van der Waals surface area contributed by atoms with E-state index in [-0.39, 0.29) is 6.10 Å². The molecule has 1 aliphatic rings. The molecule has 90 valence electrons. The number of rotatable bonds is 2. The molecule has 18 heavy (non-hydrogen) atoms. The van der Waals surface area contributed by atoms with Gasteiger partial charge in [-0.3, -0.25) is 0 Å². The van der Waals surface area contributed by atoms with Crippen molar-refractivity contribution in [2.75, 3.05) is 0 Å². The largest absolute Gasteiger partial charge is 0.485 e. The van der Waals surface area contributed by atoms with Crippen LogP contribution in [0.15, 0.2) is 66.2 Å². The van der Waals surface area contributed by atoms with Gasteiger partial charge >= 0.3 is 0 Å². The van der Waals surface area contributed by atoms with Crippen molar-refractivity contribution < 1.29 is 4.74 Å². The van der Waals surface area contributed by atoms with Gasteiger partial charge in [-0.15, -0.1) is 0 Å². The summed E-state index contributed by atoms with van der Waals surface area (Å²) in [5, 5.41) is 0. The summed E-state index contributed by atoms with van der Waals surface area (Å²) >= 11 is 0. The summed E-state index contributed by atoms with van der Waals surface area (Å²) in [4.78, 5) is 0. The summed E-state index contributed by atoms with van der Waals surface area (Å²) in [5.41, 5.74) is 3.76. The Kier molecular flexibility index (Phi) is 2.89. The normalized spacial score (nSPS) is 18.8. The second-order valence-electron chi connectivity index (χ2n) is 4.70. The monoisotopic (exact) mass is 236 g/mol. The third-order valence-corrected chi connectivity index (χ3v) is 3.35. The van der Waals surface area contributed by atoms with E-state index in [4.69, 9.17) is 4.74 Å². The number of hydrogen-bond donors (Lipinski definition) is 0. The maximum Gasteiger partial charge on any atom is 0.128 e. The maximum atomic E-state index is 6.13. The van der Waals surface area contributed by atoms with Gasteiger partial charge in [0.25, 0.3) is 0 Å². The summed E-state index contributed by atoms with van der Waals surface area (Å²) in [7, 11) is 0. The van der Waals surface area contributed by atoms with Gasteiger partial charge in [-0.25, -0.2) is 0 Å². The van der Waals surface area contributed by atoms with Gasteiger partial charge in [0.15, 0.2) is 0 Å². The lowest BCUT2D eigenvalue weighted by atomic mass is 10.0. The first-order valence-electron chi connectivity index (χ1n) is 6.31. The van der Waals surface area contributed by atoms with E-state index in [0.29, 0.717) is 0 Å². The molecule has 1 heterocycles. The van der Waals surface area contributed by atoms with E-state index in [2.05, 4.69) is 55.5 Å². The Morgan fingerprint density at radius 2 is 1.50 bits per heavy atom. The fourth-order valence-corrected chi connectivity index (χ4v) is 2.41. The minimum Gasteiger partial charge on any atom is -0.485 e. The van der Waals surface area contributed by atoms with Crippen LogP contribution < -0.4 is 0 Å². The molecule has 0 saturated heterocycles. The second kappa shape index (κ2) is 4.69. The van der Waals surface area contributed by atoms with Gasteiger partial charge in [0.1, 0.15) is 11.9 Å². The van der Waals surface area contributed by atoms with Crippen LogP contribution in [0, 0.1) is 0 Å². The smallest absolute Gasteiger partial charge is 0.128 e. The van der Waals surface area contributed by atoms with Crippen LogP contribution >= 0.6 is 0 Å². The van der Waals surface area contributed by atoms with E-state index in [1.54, 1.807) is 0 Å². The molecule has 0 fully saturated rings. The van der Waals surface area contributed by atoms with Crippen LogP contribution in [0.2, 0.25) is 0 Å². The van der Waals surface area contributed by atoms with Crippen LogP contribution in [0.4, 0.5) is 0 Å². The Bertz CT molecular complexity index is 555. The van der Waals surface area contributed by atoms with Crippen molar-refractivity contribution in [2.45, 2.75) is 19.4 Å². The van der Waals surface area contributed by atoms with Crippen molar-refractivity contribution >= 4 is 5.76 Å². The van der Waals surface area contributed by atoms with Crippen LogP contribution in [0.25, 0.3) is 5.76 Å². The molecule has 1 atom stereocenters. The minimum absolute atomic E-state index is 0.168. The molecule has 2 aromatic rings. The summed E-state index contributed by atoms with van der Waals surface area (Å²) in [6.45, 7) is 2.16. The van der Waals surface area contributed by atoms with Crippen molar-refractivity contribution in [3.63, 3.8) is 0 Å². The lowest BCUT2D eigenvalue weighted by Crippen LogP contribution is -1.96. The fourth-order valence-electron chi connectivity index (χ4n) is 2.41. The SMILES string of the molecule is CC1=C(c2ccccc2)OC(c2ccccc2)C1. The Hall–Kier alpha value is -2.02. The Balaban J connectivity index is 1.86. The zero-order valence-electron chi connectivity index (χ0n) is 10.5. The van der Waals surface area contributed by atoms with Gasteiger partial charge in [0.2, 0.25) is 0 Å². The van der Waals surface area contributed by atoms with Crippen LogP contribution in [0.5, 0.6) is 0 Å². The summed E-state index contributed by atoms with van der Waals surface area (Å²) in [5.74, 6) is 1.05. The molecule has 0 radical (unpaired) electrons. The first-order chi connectivity index (χ1) is 8.84. The highest BCUT2D eigenvalue weighted by Crippen LogP contribution is 2.39. The van der Waals surface area contributed by atoms with E-state index in [0.717, 1.165) is 12.2 Å². The Labute approximate surface area is 108 Å². The second-order valence-corrected chi connectivity index (χ2v) is 4.70. The number of hydrogen-bond acceptors (Lipinski definition) is 1. The molecule has 1 heteroatoms. The molecule has 2 aromatic carbocycles.